The maximum absolute atomic E-state index is 12.8. The van der Waals surface area contributed by atoms with Gasteiger partial charge in [-0.25, -0.2) is 0 Å². The lowest BCUT2D eigenvalue weighted by molar-refractivity contribution is 0.598. The van der Waals surface area contributed by atoms with Gasteiger partial charge in [-0.05, 0) is 42.0 Å². The molecule has 0 bridgehead atoms. The van der Waals surface area contributed by atoms with Gasteiger partial charge in [-0.3, -0.25) is 0 Å². The van der Waals surface area contributed by atoms with Crippen LogP contribution in [0.1, 0.15) is 0 Å². The molecule has 0 radical (unpaired) electrons. The molecular formula is C18H13ClOP+. The summed E-state index contributed by atoms with van der Waals surface area (Å²) in [6.07, 6.45) is 0. The van der Waals surface area contributed by atoms with Gasteiger partial charge in [0.2, 0.25) is 5.30 Å². The smallest absolute Gasteiger partial charge is 0.0843 e. The summed E-state index contributed by atoms with van der Waals surface area (Å²) in [7, 11) is -1.61. The molecule has 0 aliphatic carbocycles. The molecule has 0 N–H and O–H groups in total. The van der Waals surface area contributed by atoms with Crippen molar-refractivity contribution in [3.05, 3.63) is 83.9 Å². The lowest BCUT2D eigenvalue weighted by Gasteiger charge is -2.02. The Kier molecular flexibility index (Phi) is 4.15. The predicted molar refractivity (Wildman–Crippen MR) is 90.2 cm³/mol. The topological polar surface area (TPSA) is 17.1 Å². The molecule has 3 heteroatoms. The van der Waals surface area contributed by atoms with Crippen LogP contribution in [0.15, 0.2) is 78.9 Å². The molecule has 0 aliphatic heterocycles. The van der Waals surface area contributed by atoms with Crippen LogP contribution >= 0.6 is 19.4 Å². The fourth-order valence-electron chi connectivity index (χ4n) is 2.23. The molecule has 1 unspecified atom stereocenters. The molecule has 0 amide bonds. The van der Waals surface area contributed by atoms with Crippen LogP contribution in [0.5, 0.6) is 0 Å². The van der Waals surface area contributed by atoms with Crippen molar-refractivity contribution in [3.8, 4) is 11.1 Å². The van der Waals surface area contributed by atoms with Crippen LogP contribution < -0.4 is 10.6 Å². The highest BCUT2D eigenvalue weighted by atomic mass is 35.5. The monoisotopic (exact) mass is 311 g/mol. The maximum Gasteiger partial charge on any atom is 0.415 e. The van der Waals surface area contributed by atoms with E-state index in [0.717, 1.165) is 21.7 Å². The first kappa shape index (κ1) is 14.0. The zero-order chi connectivity index (χ0) is 14.7. The van der Waals surface area contributed by atoms with E-state index in [0.29, 0.717) is 5.02 Å². The van der Waals surface area contributed by atoms with Crippen molar-refractivity contribution in [3.63, 3.8) is 0 Å². The Morgan fingerprint density at radius 1 is 0.714 bits per heavy atom. The van der Waals surface area contributed by atoms with E-state index in [4.69, 9.17) is 11.6 Å². The second-order valence-corrected chi connectivity index (χ2v) is 6.68. The highest BCUT2D eigenvalue weighted by Crippen LogP contribution is 2.28. The summed E-state index contributed by atoms with van der Waals surface area (Å²) in [6.45, 7) is 0. The van der Waals surface area contributed by atoms with E-state index < -0.39 is 7.80 Å². The molecular weight excluding hydrogens is 299 g/mol. The van der Waals surface area contributed by atoms with E-state index in [1.807, 2.05) is 78.9 Å². The first-order valence-corrected chi connectivity index (χ1v) is 8.27. The lowest BCUT2D eigenvalue weighted by Crippen LogP contribution is -2.08. The van der Waals surface area contributed by atoms with Gasteiger partial charge in [0.05, 0.1) is 0 Å². The Morgan fingerprint density at radius 3 is 2.05 bits per heavy atom. The summed E-state index contributed by atoms with van der Waals surface area (Å²) >= 11 is 5.94. The Bertz CT molecular complexity index is 767. The van der Waals surface area contributed by atoms with E-state index in [-0.39, 0.29) is 0 Å². The lowest BCUT2D eigenvalue weighted by atomic mass is 10.1. The van der Waals surface area contributed by atoms with Gasteiger partial charge < -0.3 is 0 Å². The minimum Gasteiger partial charge on any atom is -0.0843 e. The molecule has 0 saturated heterocycles. The summed E-state index contributed by atoms with van der Waals surface area (Å²) in [5.74, 6) is 0. The van der Waals surface area contributed by atoms with Gasteiger partial charge in [0.25, 0.3) is 0 Å². The van der Waals surface area contributed by atoms with Gasteiger partial charge >= 0.3 is 7.80 Å². The molecule has 0 heterocycles. The third kappa shape index (κ3) is 3.05. The molecule has 21 heavy (non-hydrogen) atoms. The van der Waals surface area contributed by atoms with E-state index in [2.05, 4.69) is 0 Å². The highest BCUT2D eigenvalue weighted by Gasteiger charge is 2.26. The third-order valence-electron chi connectivity index (χ3n) is 3.27. The average molecular weight is 312 g/mol. The van der Waals surface area contributed by atoms with Crippen LogP contribution in [0.4, 0.5) is 0 Å². The Balaban J connectivity index is 2.08. The van der Waals surface area contributed by atoms with Crippen molar-refractivity contribution >= 4 is 30.0 Å². The largest absolute Gasteiger partial charge is 0.415 e. The molecule has 3 aromatic carbocycles. The number of hydrogen-bond donors (Lipinski definition) is 0. The molecule has 3 aromatic rings. The molecule has 0 saturated carbocycles. The molecule has 0 fully saturated rings. The summed E-state index contributed by atoms with van der Waals surface area (Å²) in [4.78, 5) is 0. The summed E-state index contributed by atoms with van der Waals surface area (Å²) in [5.41, 5.74) is 2.01. The molecule has 0 aromatic heterocycles. The normalized spacial score (nSPS) is 11.2. The minimum atomic E-state index is -1.61. The van der Waals surface area contributed by atoms with Crippen molar-refractivity contribution in [2.75, 3.05) is 0 Å². The number of hydrogen-bond acceptors (Lipinski definition) is 1. The Morgan fingerprint density at radius 2 is 1.33 bits per heavy atom. The van der Waals surface area contributed by atoms with E-state index >= 15 is 0 Å². The zero-order valence-electron chi connectivity index (χ0n) is 11.2. The van der Waals surface area contributed by atoms with Crippen LogP contribution in [0.25, 0.3) is 11.1 Å². The van der Waals surface area contributed by atoms with Gasteiger partial charge in [-0.15, -0.1) is 0 Å². The molecule has 0 aliphatic rings. The zero-order valence-corrected chi connectivity index (χ0v) is 12.9. The minimum absolute atomic E-state index is 0.698. The van der Waals surface area contributed by atoms with Gasteiger partial charge in [0.1, 0.15) is 0 Å². The summed E-state index contributed by atoms with van der Waals surface area (Å²) in [6, 6.07) is 25.0. The van der Waals surface area contributed by atoms with Crippen LogP contribution in [-0.2, 0) is 4.57 Å². The summed E-state index contributed by atoms with van der Waals surface area (Å²) < 4.78 is 12.8. The molecule has 0 spiro atoms. The molecule has 102 valence electrons. The van der Waals surface area contributed by atoms with Crippen molar-refractivity contribution in [1.82, 2.24) is 0 Å². The van der Waals surface area contributed by atoms with Gasteiger partial charge in [-0.2, -0.15) is 0 Å². The second-order valence-electron chi connectivity index (χ2n) is 4.65. The van der Waals surface area contributed by atoms with E-state index in [1.165, 1.54) is 0 Å². The fraction of sp³-hybridized carbons (Fsp3) is 0. The van der Waals surface area contributed by atoms with Crippen molar-refractivity contribution in [2.45, 2.75) is 0 Å². The highest BCUT2D eigenvalue weighted by molar-refractivity contribution is 7.61. The van der Waals surface area contributed by atoms with Gasteiger partial charge in [0.15, 0.2) is 5.30 Å². The average Bonchev–Trinajstić information content (AvgIpc) is 2.56. The first-order valence-electron chi connectivity index (χ1n) is 6.63. The van der Waals surface area contributed by atoms with Crippen LogP contribution in [-0.4, -0.2) is 0 Å². The SMILES string of the molecule is O=[P+](c1ccccc1)c1ccccc1-c1ccc(Cl)cc1. The first-order chi connectivity index (χ1) is 10.3. The molecule has 1 nitrogen and oxygen atoms in total. The van der Waals surface area contributed by atoms with Gasteiger partial charge in [-0.1, -0.05) is 58.6 Å². The van der Waals surface area contributed by atoms with Crippen molar-refractivity contribution in [1.29, 1.82) is 0 Å². The standard InChI is InChI=1S/C18H13ClOP/c19-15-12-10-14(11-13-15)17-8-4-5-9-18(17)21(20)16-6-2-1-3-7-16/h1-13H/q+1. The van der Waals surface area contributed by atoms with E-state index in [9.17, 15) is 4.57 Å². The van der Waals surface area contributed by atoms with Gasteiger partial charge in [0, 0.05) is 10.6 Å². The van der Waals surface area contributed by atoms with Crippen molar-refractivity contribution in [2.24, 2.45) is 0 Å². The second kappa shape index (κ2) is 6.22. The Hall–Kier alpha value is -1.95. The molecule has 3 rings (SSSR count). The van der Waals surface area contributed by atoms with Crippen LogP contribution in [0.2, 0.25) is 5.02 Å². The van der Waals surface area contributed by atoms with Crippen molar-refractivity contribution < 1.29 is 4.57 Å². The summed E-state index contributed by atoms with van der Waals surface area (Å²) in [5, 5.41) is 2.39. The Labute approximate surface area is 130 Å². The quantitative estimate of drug-likeness (QED) is 0.636. The number of benzene rings is 3. The van der Waals surface area contributed by atoms with E-state index in [1.54, 1.807) is 0 Å². The number of rotatable bonds is 3. The maximum atomic E-state index is 12.8. The predicted octanol–water partition coefficient (Wildman–Crippen LogP) is 4.79. The van der Waals surface area contributed by atoms with Crippen LogP contribution in [0.3, 0.4) is 0 Å². The van der Waals surface area contributed by atoms with Crippen LogP contribution in [0, 0.1) is 0 Å². The number of halogens is 1. The molecule has 1 atom stereocenters. The third-order valence-corrected chi connectivity index (χ3v) is 5.12. The fourth-order valence-corrected chi connectivity index (χ4v) is 3.72.